The van der Waals surface area contributed by atoms with Gasteiger partial charge >= 0.3 is 0 Å². The van der Waals surface area contributed by atoms with Crippen LogP contribution in [-0.4, -0.2) is 53.2 Å². The number of aliphatic hydroxyl groups excluding tert-OH is 1. The van der Waals surface area contributed by atoms with Crippen molar-refractivity contribution in [1.82, 2.24) is 9.88 Å². The Morgan fingerprint density at radius 1 is 1.45 bits per heavy atom. The minimum absolute atomic E-state index is 0.0575. The summed E-state index contributed by atoms with van der Waals surface area (Å²) in [7, 11) is 2.04. The van der Waals surface area contributed by atoms with Crippen molar-refractivity contribution in [1.29, 1.82) is 0 Å². The van der Waals surface area contributed by atoms with E-state index in [0.717, 1.165) is 31.4 Å². The van der Waals surface area contributed by atoms with Crippen LogP contribution in [0.5, 0.6) is 0 Å². The average Bonchev–Trinajstić information content (AvgIpc) is 2.91. The average molecular weight is 278 g/mol. The van der Waals surface area contributed by atoms with Gasteiger partial charge in [-0.25, -0.2) is 0 Å². The van der Waals surface area contributed by atoms with Gasteiger partial charge in [-0.3, -0.25) is 9.88 Å². The fourth-order valence-corrected chi connectivity index (χ4v) is 3.22. The molecule has 2 heterocycles. The van der Waals surface area contributed by atoms with Crippen LogP contribution in [0.3, 0.4) is 0 Å². The molecule has 110 valence electrons. The van der Waals surface area contributed by atoms with E-state index in [1.165, 1.54) is 0 Å². The van der Waals surface area contributed by atoms with E-state index in [1.54, 1.807) is 6.20 Å². The van der Waals surface area contributed by atoms with Crippen LogP contribution in [-0.2, 0) is 16.0 Å². The fourth-order valence-electron chi connectivity index (χ4n) is 3.22. The Kier molecular flexibility index (Phi) is 4.03. The fraction of sp³-hybridized carbons (Fsp3) is 0.667. The van der Waals surface area contributed by atoms with Crippen LogP contribution in [0, 0.1) is 0 Å². The molecule has 5 nitrogen and oxygen atoms in total. The van der Waals surface area contributed by atoms with E-state index in [9.17, 15) is 5.11 Å². The topological polar surface area (TPSA) is 54.8 Å². The first-order valence-corrected chi connectivity index (χ1v) is 7.24. The molecule has 20 heavy (non-hydrogen) atoms. The second-order valence-corrected chi connectivity index (χ2v) is 5.76. The predicted octanol–water partition coefficient (Wildman–Crippen LogP) is 1.17. The molecule has 1 aliphatic carbocycles. The van der Waals surface area contributed by atoms with Crippen molar-refractivity contribution in [3.8, 4) is 0 Å². The summed E-state index contributed by atoms with van der Waals surface area (Å²) in [5.41, 5.74) is 1.15. The zero-order valence-corrected chi connectivity index (χ0v) is 11.9. The number of aromatic nitrogens is 1. The van der Waals surface area contributed by atoms with Crippen molar-refractivity contribution in [3.05, 3.63) is 30.1 Å². The summed E-state index contributed by atoms with van der Waals surface area (Å²) >= 11 is 0. The maximum absolute atomic E-state index is 10.3. The third-order valence-electron chi connectivity index (χ3n) is 4.32. The molecule has 0 radical (unpaired) electrons. The minimum atomic E-state index is -0.465. The maximum atomic E-state index is 10.3. The van der Waals surface area contributed by atoms with Gasteiger partial charge in [-0.2, -0.15) is 0 Å². The lowest BCUT2D eigenvalue weighted by molar-refractivity contribution is -0.204. The molecular weight excluding hydrogens is 256 g/mol. The van der Waals surface area contributed by atoms with Gasteiger partial charge in [-0.05, 0) is 25.1 Å². The molecule has 1 saturated heterocycles. The van der Waals surface area contributed by atoms with Gasteiger partial charge in [-0.15, -0.1) is 0 Å². The monoisotopic (exact) mass is 278 g/mol. The van der Waals surface area contributed by atoms with Crippen LogP contribution in [0.2, 0.25) is 0 Å². The molecule has 0 bridgehead atoms. The van der Waals surface area contributed by atoms with Gasteiger partial charge in [0.1, 0.15) is 0 Å². The van der Waals surface area contributed by atoms with E-state index in [2.05, 4.69) is 16.0 Å². The number of nitrogens with zero attached hydrogens (tertiary/aromatic N) is 2. The molecule has 0 aromatic carbocycles. The number of hydrogen-bond acceptors (Lipinski definition) is 5. The molecular formula is C15H22N2O3. The summed E-state index contributed by atoms with van der Waals surface area (Å²) < 4.78 is 11.6. The van der Waals surface area contributed by atoms with Gasteiger partial charge in [0.05, 0.1) is 19.3 Å². The first-order chi connectivity index (χ1) is 9.69. The molecule has 2 fully saturated rings. The summed E-state index contributed by atoms with van der Waals surface area (Å²) in [5.74, 6) is -0.465. The summed E-state index contributed by atoms with van der Waals surface area (Å²) in [6.45, 7) is 2.09. The largest absolute Gasteiger partial charge is 0.391 e. The van der Waals surface area contributed by atoms with E-state index in [1.807, 2.05) is 19.3 Å². The smallest absolute Gasteiger partial charge is 0.170 e. The number of likely N-dealkylation sites (N-methyl/N-ethyl adjacent to an activating group) is 1. The predicted molar refractivity (Wildman–Crippen MR) is 74.0 cm³/mol. The van der Waals surface area contributed by atoms with Crippen LogP contribution in [0.4, 0.5) is 0 Å². The quantitative estimate of drug-likeness (QED) is 0.899. The van der Waals surface area contributed by atoms with Crippen molar-refractivity contribution in [2.24, 2.45) is 0 Å². The molecule has 3 rings (SSSR count). The summed E-state index contributed by atoms with van der Waals surface area (Å²) in [5, 5.41) is 10.3. The SMILES string of the molecule is CN(Cc1cccnc1)C1CC2(CCC1O)OCCO2. The first kappa shape index (κ1) is 13.9. The highest BCUT2D eigenvalue weighted by atomic mass is 16.7. The molecule has 2 unspecified atom stereocenters. The highest BCUT2D eigenvalue weighted by molar-refractivity contribution is 5.08. The van der Waals surface area contributed by atoms with Gasteiger partial charge in [-0.1, -0.05) is 6.07 Å². The summed E-state index contributed by atoms with van der Waals surface area (Å²) in [6, 6.07) is 4.05. The summed E-state index contributed by atoms with van der Waals surface area (Å²) in [4.78, 5) is 6.31. The standard InChI is InChI=1S/C15H22N2O3/c1-17(11-12-3-2-6-16-10-12)13-9-15(5-4-14(13)18)19-7-8-20-15/h2-3,6,10,13-14,18H,4-5,7-9,11H2,1H3. The Hall–Kier alpha value is -1.01. The lowest BCUT2D eigenvalue weighted by Crippen LogP contribution is -2.52. The number of aliphatic hydroxyl groups is 1. The molecule has 0 amide bonds. The minimum Gasteiger partial charge on any atom is -0.391 e. The van der Waals surface area contributed by atoms with Crippen LogP contribution >= 0.6 is 0 Å². The van der Waals surface area contributed by atoms with Crippen molar-refractivity contribution in [2.75, 3.05) is 20.3 Å². The zero-order valence-electron chi connectivity index (χ0n) is 11.9. The number of ether oxygens (including phenoxy) is 2. The lowest BCUT2D eigenvalue weighted by Gasteiger charge is -2.42. The van der Waals surface area contributed by atoms with Crippen LogP contribution in [0.25, 0.3) is 0 Å². The molecule has 1 saturated carbocycles. The number of pyridine rings is 1. The van der Waals surface area contributed by atoms with Crippen LogP contribution in [0.15, 0.2) is 24.5 Å². The Balaban J connectivity index is 1.67. The Morgan fingerprint density at radius 3 is 2.95 bits per heavy atom. The third-order valence-corrected chi connectivity index (χ3v) is 4.32. The highest BCUT2D eigenvalue weighted by Gasteiger charge is 2.45. The molecule has 1 aromatic heterocycles. The maximum Gasteiger partial charge on any atom is 0.170 e. The van der Waals surface area contributed by atoms with Crippen molar-refractivity contribution < 1.29 is 14.6 Å². The normalized spacial score (nSPS) is 29.1. The van der Waals surface area contributed by atoms with Gasteiger partial charge in [0.2, 0.25) is 0 Å². The highest BCUT2D eigenvalue weighted by Crippen LogP contribution is 2.37. The molecule has 1 N–H and O–H groups in total. The van der Waals surface area contributed by atoms with Crippen molar-refractivity contribution in [3.63, 3.8) is 0 Å². The molecule has 1 aromatic rings. The van der Waals surface area contributed by atoms with Crippen molar-refractivity contribution in [2.45, 2.75) is 43.7 Å². The van der Waals surface area contributed by atoms with E-state index < -0.39 is 5.79 Å². The van der Waals surface area contributed by atoms with E-state index in [0.29, 0.717) is 13.2 Å². The lowest BCUT2D eigenvalue weighted by atomic mass is 9.86. The second-order valence-electron chi connectivity index (χ2n) is 5.76. The van der Waals surface area contributed by atoms with Gasteiger partial charge in [0, 0.05) is 37.8 Å². The first-order valence-electron chi connectivity index (χ1n) is 7.24. The number of rotatable bonds is 3. The molecule has 2 aliphatic rings. The number of hydrogen-bond donors (Lipinski definition) is 1. The third kappa shape index (κ3) is 2.86. The van der Waals surface area contributed by atoms with Gasteiger partial charge in [0.15, 0.2) is 5.79 Å². The Labute approximate surface area is 119 Å². The Bertz CT molecular complexity index is 434. The molecule has 2 atom stereocenters. The van der Waals surface area contributed by atoms with E-state index >= 15 is 0 Å². The van der Waals surface area contributed by atoms with Crippen LogP contribution < -0.4 is 0 Å². The Morgan fingerprint density at radius 2 is 2.25 bits per heavy atom. The zero-order chi connectivity index (χ0) is 14.0. The van der Waals surface area contributed by atoms with E-state index in [-0.39, 0.29) is 12.1 Å². The van der Waals surface area contributed by atoms with Gasteiger partial charge < -0.3 is 14.6 Å². The summed E-state index contributed by atoms with van der Waals surface area (Å²) in [6.07, 6.45) is 5.55. The van der Waals surface area contributed by atoms with E-state index in [4.69, 9.17) is 9.47 Å². The second kappa shape index (κ2) is 5.77. The molecule has 1 spiro atoms. The van der Waals surface area contributed by atoms with Gasteiger partial charge in [0.25, 0.3) is 0 Å². The van der Waals surface area contributed by atoms with Crippen LogP contribution in [0.1, 0.15) is 24.8 Å². The molecule has 1 aliphatic heterocycles. The molecule has 5 heteroatoms. The van der Waals surface area contributed by atoms with Crippen molar-refractivity contribution >= 4 is 0 Å².